The number of ether oxygens (including phenoxy) is 1. The lowest BCUT2D eigenvalue weighted by molar-refractivity contribution is 0.180. The van der Waals surface area contributed by atoms with Gasteiger partial charge in [0.2, 0.25) is 0 Å². The van der Waals surface area contributed by atoms with E-state index in [1.165, 1.54) is 0 Å². The molecule has 0 aromatic heterocycles. The van der Waals surface area contributed by atoms with Gasteiger partial charge in [-0.25, -0.2) is 0 Å². The predicted octanol–water partition coefficient (Wildman–Crippen LogP) is 5.88. The van der Waals surface area contributed by atoms with Gasteiger partial charge in [-0.15, -0.1) is 0 Å². The average molecular weight is 410 g/mol. The minimum absolute atomic E-state index is 0.275. The molecule has 2 nitrogen and oxygen atoms in total. The Kier molecular flexibility index (Phi) is 5.81. The number of nitrogens with two attached hydrogens (primary N) is 1. The summed E-state index contributed by atoms with van der Waals surface area (Å²) in [7, 11) is 0. The van der Waals surface area contributed by atoms with E-state index in [1.807, 2.05) is 25.1 Å². The van der Waals surface area contributed by atoms with Gasteiger partial charge < -0.3 is 10.5 Å². The Morgan fingerprint density at radius 2 is 1.71 bits per heavy atom. The highest BCUT2D eigenvalue weighted by molar-refractivity contribution is 9.10. The summed E-state index contributed by atoms with van der Waals surface area (Å²) in [5.74, 6) is 0.465. The zero-order chi connectivity index (χ0) is 15.6. The number of hydrogen-bond acceptors (Lipinski definition) is 2. The number of rotatable bonds is 4. The minimum Gasteiger partial charge on any atom is -0.482 e. The van der Waals surface area contributed by atoms with Crippen LogP contribution >= 0.6 is 50.7 Å². The maximum atomic E-state index is 6.22. The van der Waals surface area contributed by atoms with E-state index < -0.39 is 6.10 Å². The Morgan fingerprint density at radius 3 is 2.33 bits per heavy atom. The van der Waals surface area contributed by atoms with Crippen LogP contribution in [0.1, 0.15) is 18.6 Å². The van der Waals surface area contributed by atoms with Gasteiger partial charge in [-0.1, -0.05) is 53.0 Å². The van der Waals surface area contributed by atoms with Crippen LogP contribution in [0.15, 0.2) is 40.9 Å². The molecule has 0 saturated heterocycles. The Balaban J connectivity index is 2.38. The molecule has 21 heavy (non-hydrogen) atoms. The van der Waals surface area contributed by atoms with E-state index in [0.29, 0.717) is 25.3 Å². The van der Waals surface area contributed by atoms with Crippen molar-refractivity contribution in [2.45, 2.75) is 19.1 Å². The predicted molar refractivity (Wildman–Crippen MR) is 92.6 cm³/mol. The monoisotopic (exact) mass is 407 g/mol. The van der Waals surface area contributed by atoms with Crippen molar-refractivity contribution in [3.05, 3.63) is 61.5 Å². The third-order valence-corrected chi connectivity index (χ3v) is 4.75. The molecule has 2 aromatic carbocycles. The second-order valence-corrected chi connectivity index (χ2v) is 6.69. The van der Waals surface area contributed by atoms with Gasteiger partial charge in [0.05, 0.1) is 10.0 Å². The molecule has 2 atom stereocenters. The molecule has 2 N–H and O–H groups in total. The van der Waals surface area contributed by atoms with E-state index in [2.05, 4.69) is 15.9 Å². The van der Waals surface area contributed by atoms with E-state index >= 15 is 0 Å². The second-order valence-electron chi connectivity index (χ2n) is 4.62. The molecule has 0 saturated carbocycles. The van der Waals surface area contributed by atoms with Gasteiger partial charge in [-0.2, -0.15) is 0 Å². The Bertz CT molecular complexity index is 649. The van der Waals surface area contributed by atoms with Crippen molar-refractivity contribution in [2.75, 3.05) is 0 Å². The third kappa shape index (κ3) is 4.05. The molecule has 0 amide bonds. The standard InChI is InChI=1S/C15H13BrCl3NO/c1-8(20)15(9-4-2-3-5-11(9)17)21-14-7-12(18)10(16)6-13(14)19/h2-8,15H,20H2,1H3. The Labute approximate surface area is 147 Å². The van der Waals surface area contributed by atoms with Crippen molar-refractivity contribution < 1.29 is 4.74 Å². The summed E-state index contributed by atoms with van der Waals surface area (Å²) in [6.07, 6.45) is -0.423. The molecule has 0 aliphatic heterocycles. The van der Waals surface area contributed by atoms with Crippen LogP contribution in [0, 0.1) is 0 Å². The van der Waals surface area contributed by atoms with E-state index in [1.54, 1.807) is 18.2 Å². The van der Waals surface area contributed by atoms with Gasteiger partial charge in [0.15, 0.2) is 0 Å². The minimum atomic E-state index is -0.423. The van der Waals surface area contributed by atoms with Crippen LogP contribution in [0.5, 0.6) is 5.75 Å². The van der Waals surface area contributed by atoms with Crippen molar-refractivity contribution in [3.8, 4) is 5.75 Å². The normalized spacial score (nSPS) is 13.8. The van der Waals surface area contributed by atoms with E-state index in [4.69, 9.17) is 45.3 Å². The number of benzene rings is 2. The first kappa shape index (κ1) is 16.9. The molecule has 0 heterocycles. The fraction of sp³-hybridized carbons (Fsp3) is 0.200. The first-order chi connectivity index (χ1) is 9.90. The number of halogens is 4. The maximum Gasteiger partial charge on any atom is 0.140 e. The zero-order valence-electron chi connectivity index (χ0n) is 11.1. The van der Waals surface area contributed by atoms with Crippen LogP contribution in [0.4, 0.5) is 0 Å². The second kappa shape index (κ2) is 7.21. The first-order valence-corrected chi connectivity index (χ1v) is 8.14. The summed E-state index contributed by atoms with van der Waals surface area (Å²) < 4.78 is 6.67. The summed E-state index contributed by atoms with van der Waals surface area (Å²) in [5, 5.41) is 1.56. The highest BCUT2D eigenvalue weighted by atomic mass is 79.9. The van der Waals surface area contributed by atoms with Gasteiger partial charge in [0.25, 0.3) is 0 Å². The first-order valence-electron chi connectivity index (χ1n) is 6.21. The lowest BCUT2D eigenvalue weighted by atomic mass is 10.0. The fourth-order valence-corrected chi connectivity index (χ4v) is 2.97. The van der Waals surface area contributed by atoms with Crippen molar-refractivity contribution >= 4 is 50.7 Å². The smallest absolute Gasteiger partial charge is 0.140 e. The Morgan fingerprint density at radius 1 is 1.05 bits per heavy atom. The van der Waals surface area contributed by atoms with Crippen LogP contribution in [-0.4, -0.2) is 6.04 Å². The van der Waals surface area contributed by atoms with E-state index in [9.17, 15) is 0 Å². The van der Waals surface area contributed by atoms with Gasteiger partial charge in [0.1, 0.15) is 11.9 Å². The molecule has 112 valence electrons. The molecule has 6 heteroatoms. The average Bonchev–Trinajstić information content (AvgIpc) is 2.42. The molecule has 0 fully saturated rings. The van der Waals surface area contributed by atoms with Crippen LogP contribution in [0.3, 0.4) is 0 Å². The molecule has 2 rings (SSSR count). The quantitative estimate of drug-likeness (QED) is 0.640. The Hall–Kier alpha value is -0.450. The van der Waals surface area contributed by atoms with Gasteiger partial charge in [0, 0.05) is 27.2 Å². The summed E-state index contributed by atoms with van der Waals surface area (Å²) in [4.78, 5) is 0. The SMILES string of the molecule is CC(N)C(Oc1cc(Cl)c(Br)cc1Cl)c1ccccc1Cl. The lowest BCUT2D eigenvalue weighted by Gasteiger charge is -2.24. The van der Waals surface area contributed by atoms with Crippen molar-refractivity contribution in [1.82, 2.24) is 0 Å². The molecule has 0 radical (unpaired) electrons. The molecule has 0 aliphatic carbocycles. The summed E-state index contributed by atoms with van der Waals surface area (Å²) in [5.41, 5.74) is 6.84. The van der Waals surface area contributed by atoms with E-state index in [0.717, 1.165) is 5.56 Å². The van der Waals surface area contributed by atoms with E-state index in [-0.39, 0.29) is 6.04 Å². The maximum absolute atomic E-state index is 6.22. The molecule has 0 aliphatic rings. The zero-order valence-corrected chi connectivity index (χ0v) is 15.0. The molecule has 0 spiro atoms. The highest BCUT2D eigenvalue weighted by Crippen LogP contribution is 2.37. The molecular weight excluding hydrogens is 396 g/mol. The van der Waals surface area contributed by atoms with Gasteiger partial charge in [-0.05, 0) is 35.0 Å². The molecule has 2 unspecified atom stereocenters. The summed E-state index contributed by atoms with van der Waals surface area (Å²) >= 11 is 21.8. The van der Waals surface area contributed by atoms with Crippen LogP contribution in [0.2, 0.25) is 15.1 Å². The largest absolute Gasteiger partial charge is 0.482 e. The fourth-order valence-electron chi connectivity index (χ4n) is 1.89. The topological polar surface area (TPSA) is 35.2 Å². The number of hydrogen-bond donors (Lipinski definition) is 1. The molecule has 0 bridgehead atoms. The van der Waals surface area contributed by atoms with Crippen molar-refractivity contribution in [1.29, 1.82) is 0 Å². The van der Waals surface area contributed by atoms with Crippen molar-refractivity contribution in [3.63, 3.8) is 0 Å². The summed E-state index contributed by atoms with van der Waals surface area (Å²) in [6, 6.07) is 10.5. The van der Waals surface area contributed by atoms with Crippen LogP contribution in [0.25, 0.3) is 0 Å². The van der Waals surface area contributed by atoms with Gasteiger partial charge in [-0.3, -0.25) is 0 Å². The molecular formula is C15H13BrCl3NO. The van der Waals surface area contributed by atoms with Gasteiger partial charge >= 0.3 is 0 Å². The highest BCUT2D eigenvalue weighted by Gasteiger charge is 2.22. The molecule has 2 aromatic rings. The van der Waals surface area contributed by atoms with Crippen LogP contribution < -0.4 is 10.5 Å². The third-order valence-electron chi connectivity index (χ3n) is 2.92. The van der Waals surface area contributed by atoms with Crippen LogP contribution in [-0.2, 0) is 0 Å². The van der Waals surface area contributed by atoms with Crippen molar-refractivity contribution in [2.24, 2.45) is 5.73 Å². The lowest BCUT2D eigenvalue weighted by Crippen LogP contribution is -2.29. The summed E-state index contributed by atoms with van der Waals surface area (Å²) in [6.45, 7) is 1.85.